The Morgan fingerprint density at radius 2 is 2.26 bits per heavy atom. The fraction of sp³-hybridized carbons (Fsp3) is 0.727. The first-order valence-electron chi connectivity index (χ1n) is 6.25. The first kappa shape index (κ1) is 16.1. The molecule has 7 nitrogen and oxygen atoms in total. The molecule has 1 unspecified atom stereocenters. The Kier molecular flexibility index (Phi) is 6.43. The second-order valence-corrected chi connectivity index (χ2v) is 5.96. The molecule has 1 aromatic heterocycles. The van der Waals surface area contributed by atoms with Gasteiger partial charge >= 0.3 is 0 Å². The third-order valence-corrected chi connectivity index (χ3v) is 4.23. The molecule has 1 heterocycles. The van der Waals surface area contributed by atoms with Crippen LogP contribution < -0.4 is 10.0 Å². The SMILES string of the molecule is CCNCc1cn[nH]c1S(=O)(=O)NC(C)CCOC. The number of H-pyrrole nitrogens is 1. The highest BCUT2D eigenvalue weighted by atomic mass is 32.2. The zero-order valence-electron chi connectivity index (χ0n) is 11.6. The molecule has 110 valence electrons. The van der Waals surface area contributed by atoms with Crippen LogP contribution in [0.1, 0.15) is 25.8 Å². The van der Waals surface area contributed by atoms with Crippen LogP contribution in [0.2, 0.25) is 0 Å². The van der Waals surface area contributed by atoms with Gasteiger partial charge in [-0.2, -0.15) is 5.10 Å². The van der Waals surface area contributed by atoms with Gasteiger partial charge < -0.3 is 10.1 Å². The minimum atomic E-state index is -3.57. The van der Waals surface area contributed by atoms with Crippen LogP contribution in [0.25, 0.3) is 0 Å². The van der Waals surface area contributed by atoms with Crippen molar-refractivity contribution in [2.45, 2.75) is 37.9 Å². The molecule has 3 N–H and O–H groups in total. The van der Waals surface area contributed by atoms with Crippen molar-refractivity contribution in [2.75, 3.05) is 20.3 Å². The summed E-state index contributed by atoms with van der Waals surface area (Å²) in [4.78, 5) is 0. The van der Waals surface area contributed by atoms with Crippen molar-refractivity contribution in [1.29, 1.82) is 0 Å². The van der Waals surface area contributed by atoms with Gasteiger partial charge in [-0.15, -0.1) is 0 Å². The number of nitrogens with zero attached hydrogens (tertiary/aromatic N) is 1. The normalized spacial score (nSPS) is 13.6. The molecule has 0 spiro atoms. The molecule has 0 aliphatic carbocycles. The van der Waals surface area contributed by atoms with E-state index in [-0.39, 0.29) is 11.1 Å². The Labute approximate surface area is 114 Å². The number of sulfonamides is 1. The molecule has 0 radical (unpaired) electrons. The standard InChI is InChI=1S/C11H22N4O3S/c1-4-12-7-10-8-13-14-11(10)19(16,17)15-9(2)5-6-18-3/h8-9,12,15H,4-7H2,1-3H3,(H,13,14). The molecule has 1 atom stereocenters. The van der Waals surface area contributed by atoms with Crippen LogP contribution in [0, 0.1) is 0 Å². The zero-order valence-corrected chi connectivity index (χ0v) is 12.4. The fourth-order valence-electron chi connectivity index (χ4n) is 1.59. The van der Waals surface area contributed by atoms with E-state index in [0.29, 0.717) is 25.1 Å². The number of hydrogen-bond acceptors (Lipinski definition) is 5. The summed E-state index contributed by atoms with van der Waals surface area (Å²) in [6.07, 6.45) is 2.14. The van der Waals surface area contributed by atoms with E-state index in [1.807, 2.05) is 6.92 Å². The third-order valence-electron chi connectivity index (χ3n) is 2.62. The molecule has 0 aliphatic heterocycles. The minimum Gasteiger partial charge on any atom is -0.385 e. The summed E-state index contributed by atoms with van der Waals surface area (Å²) in [5, 5.41) is 9.55. The second kappa shape index (κ2) is 7.59. The van der Waals surface area contributed by atoms with Crippen LogP contribution in [0.5, 0.6) is 0 Å². The molecule has 0 aliphatic rings. The van der Waals surface area contributed by atoms with Crippen LogP contribution >= 0.6 is 0 Å². The molecule has 0 aromatic carbocycles. The zero-order chi connectivity index (χ0) is 14.3. The lowest BCUT2D eigenvalue weighted by molar-refractivity contribution is 0.188. The fourth-order valence-corrected chi connectivity index (χ4v) is 3.00. The maximum absolute atomic E-state index is 12.2. The van der Waals surface area contributed by atoms with E-state index in [1.54, 1.807) is 14.0 Å². The first-order chi connectivity index (χ1) is 9.01. The van der Waals surface area contributed by atoms with Crippen molar-refractivity contribution in [1.82, 2.24) is 20.2 Å². The predicted molar refractivity (Wildman–Crippen MR) is 72.2 cm³/mol. The average Bonchev–Trinajstić information content (AvgIpc) is 2.82. The highest BCUT2D eigenvalue weighted by Crippen LogP contribution is 2.12. The van der Waals surface area contributed by atoms with Crippen molar-refractivity contribution in [3.05, 3.63) is 11.8 Å². The van der Waals surface area contributed by atoms with Crippen LogP contribution in [-0.4, -0.2) is 44.9 Å². The van der Waals surface area contributed by atoms with E-state index in [0.717, 1.165) is 6.54 Å². The topological polar surface area (TPSA) is 96.1 Å². The van der Waals surface area contributed by atoms with Gasteiger partial charge in [-0.1, -0.05) is 6.92 Å². The van der Waals surface area contributed by atoms with Gasteiger partial charge in [0.2, 0.25) is 0 Å². The number of nitrogens with one attached hydrogen (secondary N) is 3. The summed E-state index contributed by atoms with van der Waals surface area (Å²) < 4.78 is 31.9. The quantitative estimate of drug-likeness (QED) is 0.605. The molecule has 0 amide bonds. The van der Waals surface area contributed by atoms with Crippen LogP contribution in [-0.2, 0) is 21.3 Å². The van der Waals surface area contributed by atoms with E-state index in [1.165, 1.54) is 6.20 Å². The molecular weight excluding hydrogens is 268 g/mol. The van der Waals surface area contributed by atoms with E-state index >= 15 is 0 Å². The van der Waals surface area contributed by atoms with Crippen LogP contribution in [0.4, 0.5) is 0 Å². The van der Waals surface area contributed by atoms with Crippen molar-refractivity contribution in [3.8, 4) is 0 Å². The molecule has 19 heavy (non-hydrogen) atoms. The molecule has 1 rings (SSSR count). The molecule has 0 saturated carbocycles. The molecule has 8 heteroatoms. The van der Waals surface area contributed by atoms with Gasteiger partial charge in [-0.25, -0.2) is 13.1 Å². The Bertz CT molecular complexity index is 472. The number of hydrogen-bond donors (Lipinski definition) is 3. The Morgan fingerprint density at radius 1 is 1.53 bits per heavy atom. The number of methoxy groups -OCH3 is 1. The van der Waals surface area contributed by atoms with Crippen molar-refractivity contribution < 1.29 is 13.2 Å². The van der Waals surface area contributed by atoms with Crippen molar-refractivity contribution >= 4 is 10.0 Å². The number of aromatic nitrogens is 2. The van der Waals surface area contributed by atoms with E-state index in [2.05, 4.69) is 20.2 Å². The van der Waals surface area contributed by atoms with Crippen molar-refractivity contribution in [2.24, 2.45) is 0 Å². The lowest BCUT2D eigenvalue weighted by atomic mass is 10.3. The largest absolute Gasteiger partial charge is 0.385 e. The highest BCUT2D eigenvalue weighted by molar-refractivity contribution is 7.89. The number of aromatic amines is 1. The maximum atomic E-state index is 12.2. The van der Waals surface area contributed by atoms with Gasteiger partial charge in [0, 0.05) is 31.9 Å². The Balaban J connectivity index is 2.74. The smallest absolute Gasteiger partial charge is 0.258 e. The van der Waals surface area contributed by atoms with Crippen molar-refractivity contribution in [3.63, 3.8) is 0 Å². The molecule has 0 fully saturated rings. The summed E-state index contributed by atoms with van der Waals surface area (Å²) in [6.45, 7) is 5.51. The average molecular weight is 290 g/mol. The van der Waals surface area contributed by atoms with Gasteiger partial charge in [0.05, 0.1) is 6.20 Å². The van der Waals surface area contributed by atoms with Crippen LogP contribution in [0.15, 0.2) is 11.2 Å². The lowest BCUT2D eigenvalue weighted by Crippen LogP contribution is -2.34. The highest BCUT2D eigenvalue weighted by Gasteiger charge is 2.22. The van der Waals surface area contributed by atoms with Gasteiger partial charge in [0.25, 0.3) is 10.0 Å². The second-order valence-electron chi connectivity index (χ2n) is 4.31. The molecule has 0 bridgehead atoms. The van der Waals surface area contributed by atoms with Gasteiger partial charge in [-0.3, -0.25) is 5.10 Å². The monoisotopic (exact) mass is 290 g/mol. The summed E-state index contributed by atoms with van der Waals surface area (Å²) in [7, 11) is -1.98. The third kappa shape index (κ3) is 4.90. The Hall–Kier alpha value is -0.960. The van der Waals surface area contributed by atoms with E-state index < -0.39 is 10.0 Å². The summed E-state index contributed by atoms with van der Waals surface area (Å²) in [6, 6.07) is -0.194. The number of ether oxygens (including phenoxy) is 1. The van der Waals surface area contributed by atoms with E-state index in [4.69, 9.17) is 4.74 Å². The molecule has 0 saturated heterocycles. The minimum absolute atomic E-state index is 0.123. The summed E-state index contributed by atoms with van der Waals surface area (Å²) >= 11 is 0. The first-order valence-corrected chi connectivity index (χ1v) is 7.73. The summed E-state index contributed by atoms with van der Waals surface area (Å²) in [5.41, 5.74) is 0.633. The summed E-state index contributed by atoms with van der Waals surface area (Å²) in [5.74, 6) is 0. The van der Waals surface area contributed by atoms with Gasteiger partial charge in [0.1, 0.15) is 0 Å². The lowest BCUT2D eigenvalue weighted by Gasteiger charge is -2.13. The van der Waals surface area contributed by atoms with Gasteiger partial charge in [-0.05, 0) is 19.9 Å². The maximum Gasteiger partial charge on any atom is 0.258 e. The van der Waals surface area contributed by atoms with Crippen LogP contribution in [0.3, 0.4) is 0 Å². The number of rotatable bonds is 9. The van der Waals surface area contributed by atoms with Gasteiger partial charge in [0.15, 0.2) is 5.03 Å². The van der Waals surface area contributed by atoms with E-state index in [9.17, 15) is 8.42 Å². The molecular formula is C11H22N4O3S. The Morgan fingerprint density at radius 3 is 2.89 bits per heavy atom. The predicted octanol–water partition coefficient (Wildman–Crippen LogP) is 0.223. The molecule has 1 aromatic rings.